The number of thiophene rings is 1. The number of nitrogens with zero attached hydrogens (tertiary/aromatic N) is 1. The van der Waals surface area contributed by atoms with Crippen LogP contribution in [0.5, 0.6) is 0 Å². The zero-order valence-electron chi connectivity index (χ0n) is 18.6. The fourth-order valence-electron chi connectivity index (χ4n) is 3.05. The molecule has 0 spiro atoms. The summed E-state index contributed by atoms with van der Waals surface area (Å²) in [5.41, 5.74) is 1.60. The number of aryl methyl sites for hydroxylation is 1. The number of anilines is 1. The van der Waals surface area contributed by atoms with Crippen LogP contribution in [0.3, 0.4) is 0 Å². The van der Waals surface area contributed by atoms with Crippen molar-refractivity contribution in [1.82, 2.24) is 10.2 Å². The molecule has 3 amide bonds. The third-order valence-electron chi connectivity index (χ3n) is 4.59. The largest absolute Gasteiger partial charge is 0.455 e. The molecule has 0 aliphatic heterocycles. The Kier molecular flexibility index (Phi) is 9.87. The number of amides is 3. The molecule has 32 heavy (non-hydrogen) atoms. The van der Waals surface area contributed by atoms with Crippen LogP contribution in [-0.2, 0) is 23.9 Å². The first-order chi connectivity index (χ1) is 15.3. The van der Waals surface area contributed by atoms with Gasteiger partial charge in [-0.1, -0.05) is 31.2 Å². The summed E-state index contributed by atoms with van der Waals surface area (Å²) in [5.74, 6) is -1.64. The number of nitrogens with one attached hydrogen (secondary N) is 2. The minimum atomic E-state index is -0.605. The molecular formula is C23H29N3O5S. The zero-order valence-corrected chi connectivity index (χ0v) is 19.4. The molecule has 0 fully saturated rings. The Labute approximate surface area is 191 Å². The average Bonchev–Trinajstić information content (AvgIpc) is 3.27. The number of carbonyl (C=O) groups excluding carboxylic acids is 4. The van der Waals surface area contributed by atoms with E-state index in [1.165, 1.54) is 23.2 Å². The number of carbonyl (C=O) groups is 4. The van der Waals surface area contributed by atoms with Crippen LogP contribution in [0.1, 0.15) is 43.2 Å². The highest BCUT2D eigenvalue weighted by Crippen LogP contribution is 2.22. The number of hydrogen-bond donors (Lipinski definition) is 2. The van der Waals surface area contributed by atoms with Crippen LogP contribution in [0.4, 0.5) is 5.69 Å². The van der Waals surface area contributed by atoms with Gasteiger partial charge in [-0.3, -0.25) is 19.2 Å². The van der Waals surface area contributed by atoms with E-state index in [9.17, 15) is 19.2 Å². The first-order valence-corrected chi connectivity index (χ1v) is 11.3. The molecule has 0 aliphatic rings. The lowest BCUT2D eigenvalue weighted by Crippen LogP contribution is -2.41. The summed E-state index contributed by atoms with van der Waals surface area (Å²) in [7, 11) is 0. The molecule has 1 aromatic heterocycles. The predicted molar refractivity (Wildman–Crippen MR) is 123 cm³/mol. The maximum Gasteiger partial charge on any atom is 0.308 e. The van der Waals surface area contributed by atoms with Crippen LogP contribution in [0.15, 0.2) is 41.8 Å². The molecule has 1 aromatic carbocycles. The Morgan fingerprint density at radius 2 is 1.88 bits per heavy atom. The number of para-hydroxylation sites is 1. The second-order valence-electron chi connectivity index (χ2n) is 7.31. The number of rotatable bonds is 11. The van der Waals surface area contributed by atoms with Gasteiger partial charge in [-0.15, -0.1) is 11.3 Å². The molecule has 2 rings (SSSR count). The number of benzene rings is 1. The number of esters is 1. The van der Waals surface area contributed by atoms with E-state index in [0.717, 1.165) is 10.4 Å². The van der Waals surface area contributed by atoms with Crippen molar-refractivity contribution < 1.29 is 23.9 Å². The first-order valence-electron chi connectivity index (χ1n) is 10.4. The lowest BCUT2D eigenvalue weighted by atomic mass is 10.1. The van der Waals surface area contributed by atoms with Gasteiger partial charge in [0.25, 0.3) is 5.91 Å². The molecule has 1 atom stereocenters. The maximum atomic E-state index is 12.6. The molecule has 0 saturated carbocycles. The van der Waals surface area contributed by atoms with E-state index in [-0.39, 0.29) is 24.8 Å². The standard InChI is InChI=1S/C23H29N3O5S/c1-4-11-26(14-21(28)25-18-9-6-5-8-16(18)2)22(29)15-31-23(30)13-19(24-17(3)27)20-10-7-12-32-20/h5-10,12,19H,4,11,13-15H2,1-3H3,(H,24,27)(H,25,28). The predicted octanol–water partition coefficient (Wildman–Crippen LogP) is 3.04. The molecule has 8 nitrogen and oxygen atoms in total. The summed E-state index contributed by atoms with van der Waals surface area (Å²) in [6.07, 6.45) is 0.565. The second-order valence-corrected chi connectivity index (χ2v) is 8.29. The third-order valence-corrected chi connectivity index (χ3v) is 5.58. The van der Waals surface area contributed by atoms with Crippen molar-refractivity contribution in [2.75, 3.05) is 25.0 Å². The molecule has 0 aliphatic carbocycles. The van der Waals surface area contributed by atoms with Gasteiger partial charge in [0.15, 0.2) is 6.61 Å². The molecule has 0 radical (unpaired) electrons. The van der Waals surface area contributed by atoms with Crippen LogP contribution >= 0.6 is 11.3 Å². The van der Waals surface area contributed by atoms with Crippen molar-refractivity contribution in [2.45, 2.75) is 39.7 Å². The van der Waals surface area contributed by atoms with Gasteiger partial charge in [0.05, 0.1) is 19.0 Å². The summed E-state index contributed by atoms with van der Waals surface area (Å²) in [5, 5.41) is 7.37. The highest BCUT2D eigenvalue weighted by Gasteiger charge is 2.22. The Morgan fingerprint density at radius 1 is 1.12 bits per heavy atom. The minimum absolute atomic E-state index is 0.0884. The highest BCUT2D eigenvalue weighted by molar-refractivity contribution is 7.10. The van der Waals surface area contributed by atoms with E-state index in [1.54, 1.807) is 6.07 Å². The smallest absolute Gasteiger partial charge is 0.308 e. The molecular weight excluding hydrogens is 430 g/mol. The Bertz CT molecular complexity index is 929. The van der Waals surface area contributed by atoms with Crippen molar-refractivity contribution >= 4 is 40.7 Å². The van der Waals surface area contributed by atoms with Crippen LogP contribution < -0.4 is 10.6 Å². The Hall–Kier alpha value is -3.20. The molecule has 0 saturated heterocycles. The summed E-state index contributed by atoms with van der Waals surface area (Å²) < 4.78 is 5.15. The van der Waals surface area contributed by atoms with Crippen molar-refractivity contribution in [3.05, 3.63) is 52.2 Å². The highest BCUT2D eigenvalue weighted by atomic mass is 32.1. The van der Waals surface area contributed by atoms with E-state index in [1.807, 2.05) is 49.6 Å². The summed E-state index contributed by atoms with van der Waals surface area (Å²) in [6, 6.07) is 10.5. The molecule has 2 aromatic rings. The molecule has 2 N–H and O–H groups in total. The van der Waals surface area contributed by atoms with Crippen LogP contribution in [0, 0.1) is 6.92 Å². The second kappa shape index (κ2) is 12.6. The van der Waals surface area contributed by atoms with E-state index >= 15 is 0 Å². The van der Waals surface area contributed by atoms with Gasteiger partial charge >= 0.3 is 5.97 Å². The third kappa shape index (κ3) is 8.14. The van der Waals surface area contributed by atoms with Crippen LogP contribution in [0.25, 0.3) is 0 Å². The van der Waals surface area contributed by atoms with Crippen molar-refractivity contribution in [3.8, 4) is 0 Å². The molecule has 1 unspecified atom stereocenters. The van der Waals surface area contributed by atoms with Gasteiger partial charge in [-0.05, 0) is 36.4 Å². The molecule has 172 valence electrons. The van der Waals surface area contributed by atoms with Gasteiger partial charge in [0, 0.05) is 24.0 Å². The molecule has 0 bridgehead atoms. The van der Waals surface area contributed by atoms with E-state index in [0.29, 0.717) is 18.7 Å². The average molecular weight is 460 g/mol. The summed E-state index contributed by atoms with van der Waals surface area (Å²) in [4.78, 5) is 50.9. The normalized spacial score (nSPS) is 11.3. The topological polar surface area (TPSA) is 105 Å². The number of ether oxygens (including phenoxy) is 1. The van der Waals surface area contributed by atoms with Gasteiger partial charge in [0.2, 0.25) is 11.8 Å². The molecule has 1 heterocycles. The van der Waals surface area contributed by atoms with Gasteiger partial charge in [0.1, 0.15) is 0 Å². The number of hydrogen-bond acceptors (Lipinski definition) is 6. The lowest BCUT2D eigenvalue weighted by molar-refractivity contribution is -0.153. The zero-order chi connectivity index (χ0) is 23.5. The SMILES string of the molecule is CCCN(CC(=O)Nc1ccccc1C)C(=O)COC(=O)CC(NC(C)=O)c1cccs1. The van der Waals surface area contributed by atoms with Crippen LogP contribution in [-0.4, -0.2) is 48.3 Å². The summed E-state index contributed by atoms with van der Waals surface area (Å²) >= 11 is 1.42. The fraction of sp³-hybridized carbons (Fsp3) is 0.391. The van der Waals surface area contributed by atoms with E-state index < -0.39 is 24.5 Å². The van der Waals surface area contributed by atoms with Gasteiger partial charge in [-0.25, -0.2) is 0 Å². The van der Waals surface area contributed by atoms with Crippen molar-refractivity contribution in [2.24, 2.45) is 0 Å². The summed E-state index contributed by atoms with van der Waals surface area (Å²) in [6.45, 7) is 4.91. The van der Waals surface area contributed by atoms with Gasteiger partial charge < -0.3 is 20.3 Å². The van der Waals surface area contributed by atoms with Gasteiger partial charge in [-0.2, -0.15) is 0 Å². The Morgan fingerprint density at radius 3 is 2.50 bits per heavy atom. The van der Waals surface area contributed by atoms with E-state index in [4.69, 9.17) is 4.74 Å². The maximum absolute atomic E-state index is 12.6. The minimum Gasteiger partial charge on any atom is -0.455 e. The van der Waals surface area contributed by atoms with Crippen LogP contribution in [0.2, 0.25) is 0 Å². The monoisotopic (exact) mass is 459 g/mol. The molecule has 9 heteroatoms. The van der Waals surface area contributed by atoms with Crippen molar-refractivity contribution in [1.29, 1.82) is 0 Å². The Balaban J connectivity index is 1.89. The van der Waals surface area contributed by atoms with Crippen molar-refractivity contribution in [3.63, 3.8) is 0 Å². The first kappa shape index (κ1) is 25.1. The fourth-order valence-corrected chi connectivity index (χ4v) is 3.83. The lowest BCUT2D eigenvalue weighted by Gasteiger charge is -2.22. The quantitative estimate of drug-likeness (QED) is 0.503. The van der Waals surface area contributed by atoms with E-state index in [2.05, 4.69) is 10.6 Å².